The monoisotopic (exact) mass is 310 g/mol. The van der Waals surface area contributed by atoms with Gasteiger partial charge < -0.3 is 9.84 Å². The number of methoxy groups -OCH3 is 1. The molecule has 0 bridgehead atoms. The van der Waals surface area contributed by atoms with Crippen molar-refractivity contribution in [2.75, 3.05) is 7.11 Å². The molecule has 0 radical (unpaired) electrons. The van der Waals surface area contributed by atoms with Crippen LogP contribution in [-0.2, 0) is 4.74 Å². The van der Waals surface area contributed by atoms with Crippen molar-refractivity contribution in [2.24, 2.45) is 0 Å². The quantitative estimate of drug-likeness (QED) is 0.777. The first-order chi connectivity index (χ1) is 11.2. The van der Waals surface area contributed by atoms with Crippen molar-refractivity contribution < 1.29 is 14.6 Å². The molecule has 0 aliphatic heterocycles. The summed E-state index contributed by atoms with van der Waals surface area (Å²) in [7, 11) is 1.57. The molecule has 7 heteroatoms. The summed E-state index contributed by atoms with van der Waals surface area (Å²) in [6, 6.07) is 15.9. The maximum absolute atomic E-state index is 10.9. The van der Waals surface area contributed by atoms with E-state index < -0.39 is 12.2 Å². The normalized spacial score (nSPS) is 12.0. The molecule has 3 aromatic rings. The van der Waals surface area contributed by atoms with Crippen molar-refractivity contribution in [3.63, 3.8) is 0 Å². The fraction of sp³-hybridized carbons (Fsp3) is 0.125. The lowest BCUT2D eigenvalue weighted by Gasteiger charge is -2.13. The van der Waals surface area contributed by atoms with E-state index in [-0.39, 0.29) is 5.56 Å². The van der Waals surface area contributed by atoms with Crippen molar-refractivity contribution in [1.82, 2.24) is 20.2 Å². The average Bonchev–Trinajstić information content (AvgIpc) is 3.06. The summed E-state index contributed by atoms with van der Waals surface area (Å²) in [5, 5.41) is 21.3. The summed E-state index contributed by atoms with van der Waals surface area (Å²) in [5.74, 6) is -0.573. The summed E-state index contributed by atoms with van der Waals surface area (Å²) in [6.07, 6.45) is -0.476. The van der Waals surface area contributed by atoms with Gasteiger partial charge in [0, 0.05) is 18.2 Å². The van der Waals surface area contributed by atoms with E-state index in [1.165, 1.54) is 16.9 Å². The molecule has 116 valence electrons. The van der Waals surface area contributed by atoms with Gasteiger partial charge in [-0.2, -0.15) is 0 Å². The summed E-state index contributed by atoms with van der Waals surface area (Å²) in [5.41, 5.74) is 1.80. The number of benzene rings is 2. The van der Waals surface area contributed by atoms with E-state index in [1.54, 1.807) is 19.2 Å². The molecule has 2 aromatic carbocycles. The third-order valence-corrected chi connectivity index (χ3v) is 3.34. The fourth-order valence-electron chi connectivity index (χ4n) is 2.18. The van der Waals surface area contributed by atoms with Crippen LogP contribution in [0.4, 0.5) is 0 Å². The number of hydrogen-bond acceptors (Lipinski definition) is 5. The molecular weight excluding hydrogens is 296 g/mol. The third-order valence-electron chi connectivity index (χ3n) is 3.34. The number of ether oxygens (including phenoxy) is 1. The molecule has 1 unspecified atom stereocenters. The maximum atomic E-state index is 10.9. The summed E-state index contributed by atoms with van der Waals surface area (Å²) >= 11 is 0. The lowest BCUT2D eigenvalue weighted by Crippen LogP contribution is -2.15. The molecule has 0 amide bonds. The van der Waals surface area contributed by atoms with E-state index in [0.29, 0.717) is 11.4 Å². The molecule has 0 fully saturated rings. The fourth-order valence-corrected chi connectivity index (χ4v) is 2.18. The lowest BCUT2D eigenvalue weighted by atomic mass is 10.1. The third kappa shape index (κ3) is 3.09. The van der Waals surface area contributed by atoms with E-state index in [9.17, 15) is 4.79 Å². The van der Waals surface area contributed by atoms with Gasteiger partial charge in [0.1, 0.15) is 0 Å². The Morgan fingerprint density at radius 1 is 1.13 bits per heavy atom. The predicted octanol–water partition coefficient (Wildman–Crippen LogP) is 2.23. The minimum atomic E-state index is -0.975. The van der Waals surface area contributed by atoms with Crippen LogP contribution in [0.2, 0.25) is 0 Å². The molecule has 23 heavy (non-hydrogen) atoms. The van der Waals surface area contributed by atoms with Crippen LogP contribution in [-0.4, -0.2) is 38.4 Å². The smallest absolute Gasteiger partial charge is 0.335 e. The highest BCUT2D eigenvalue weighted by Crippen LogP contribution is 2.19. The van der Waals surface area contributed by atoms with E-state index in [2.05, 4.69) is 15.4 Å². The number of nitrogens with zero attached hydrogens (tertiary/aromatic N) is 4. The summed E-state index contributed by atoms with van der Waals surface area (Å²) in [4.78, 5) is 12.3. The Balaban J connectivity index is 1.89. The van der Waals surface area contributed by atoms with Crippen molar-refractivity contribution in [1.29, 1.82) is 0 Å². The first-order valence-corrected chi connectivity index (χ1v) is 6.90. The number of aromatic carboxylic acids is 1. The van der Waals surface area contributed by atoms with Gasteiger partial charge in [-0.15, -0.1) is 15.0 Å². The first-order valence-electron chi connectivity index (χ1n) is 6.90. The van der Waals surface area contributed by atoms with Crippen LogP contribution in [0.15, 0.2) is 54.6 Å². The molecule has 1 N–H and O–H groups in total. The van der Waals surface area contributed by atoms with E-state index in [0.717, 1.165) is 5.56 Å². The van der Waals surface area contributed by atoms with Crippen molar-refractivity contribution in [3.8, 4) is 11.4 Å². The number of rotatable bonds is 5. The highest BCUT2D eigenvalue weighted by Gasteiger charge is 2.17. The van der Waals surface area contributed by atoms with Crippen molar-refractivity contribution >= 4 is 5.97 Å². The lowest BCUT2D eigenvalue weighted by molar-refractivity contribution is 0.0548. The Kier molecular flexibility index (Phi) is 4.11. The second kappa shape index (κ2) is 6.37. The van der Waals surface area contributed by atoms with Gasteiger partial charge in [-0.25, -0.2) is 4.79 Å². The second-order valence-electron chi connectivity index (χ2n) is 4.81. The van der Waals surface area contributed by atoms with Gasteiger partial charge in [-0.3, -0.25) is 0 Å². The minimum Gasteiger partial charge on any atom is -0.478 e. The largest absolute Gasteiger partial charge is 0.478 e. The van der Waals surface area contributed by atoms with Gasteiger partial charge >= 0.3 is 5.97 Å². The zero-order valence-electron chi connectivity index (χ0n) is 12.3. The van der Waals surface area contributed by atoms with Crippen molar-refractivity contribution in [3.05, 3.63) is 65.7 Å². The highest BCUT2D eigenvalue weighted by molar-refractivity contribution is 5.88. The van der Waals surface area contributed by atoms with Crippen LogP contribution in [0.1, 0.15) is 22.1 Å². The van der Waals surface area contributed by atoms with E-state index >= 15 is 0 Å². The van der Waals surface area contributed by atoms with E-state index in [1.807, 2.05) is 30.3 Å². The Morgan fingerprint density at radius 2 is 1.83 bits per heavy atom. The number of carboxylic acid groups (broad SMARTS) is 1. The number of carboxylic acids is 1. The SMILES string of the molecule is COC(c1ccccc1)n1nnc(-c2ccc(C(=O)O)cc2)n1. The molecule has 1 aromatic heterocycles. The van der Waals surface area contributed by atoms with Gasteiger partial charge in [0.25, 0.3) is 0 Å². The standard InChI is InChI=1S/C16H14N4O3/c1-23-15(12-5-3-2-4-6-12)20-18-14(17-19-20)11-7-9-13(10-8-11)16(21)22/h2-10,15H,1H3,(H,21,22). The Hall–Kier alpha value is -3.06. The van der Waals surface area contributed by atoms with Crippen LogP contribution in [0.3, 0.4) is 0 Å². The van der Waals surface area contributed by atoms with Crippen LogP contribution in [0, 0.1) is 0 Å². The zero-order valence-corrected chi connectivity index (χ0v) is 12.3. The molecule has 0 spiro atoms. The molecule has 1 atom stereocenters. The maximum Gasteiger partial charge on any atom is 0.335 e. The van der Waals surface area contributed by atoms with Crippen molar-refractivity contribution in [2.45, 2.75) is 6.23 Å². The molecule has 1 heterocycles. The predicted molar refractivity (Wildman–Crippen MR) is 81.8 cm³/mol. The van der Waals surface area contributed by atoms with Crippen LogP contribution < -0.4 is 0 Å². The van der Waals surface area contributed by atoms with Gasteiger partial charge in [0.15, 0.2) is 6.23 Å². The van der Waals surface area contributed by atoms with Gasteiger partial charge in [-0.1, -0.05) is 42.5 Å². The molecule has 0 aliphatic carbocycles. The minimum absolute atomic E-state index is 0.209. The molecular formula is C16H14N4O3. The van der Waals surface area contributed by atoms with Gasteiger partial charge in [-0.05, 0) is 17.3 Å². The highest BCUT2D eigenvalue weighted by atomic mass is 16.5. The molecule has 7 nitrogen and oxygen atoms in total. The topological polar surface area (TPSA) is 90.1 Å². The molecule has 0 saturated heterocycles. The Bertz CT molecular complexity index is 800. The van der Waals surface area contributed by atoms with Gasteiger partial charge in [0.2, 0.25) is 5.82 Å². The second-order valence-corrected chi connectivity index (χ2v) is 4.81. The Morgan fingerprint density at radius 3 is 2.43 bits per heavy atom. The zero-order chi connectivity index (χ0) is 16.2. The first kappa shape index (κ1) is 14.9. The number of carbonyl (C=O) groups is 1. The Labute approximate surface area is 132 Å². The number of aromatic nitrogens is 4. The average molecular weight is 310 g/mol. The van der Waals surface area contributed by atoms with E-state index in [4.69, 9.17) is 9.84 Å². The van der Waals surface area contributed by atoms with Crippen LogP contribution in [0.5, 0.6) is 0 Å². The molecule has 0 saturated carbocycles. The number of hydrogen-bond donors (Lipinski definition) is 1. The molecule has 3 rings (SSSR count). The van der Waals surface area contributed by atoms with Crippen LogP contribution >= 0.6 is 0 Å². The number of tetrazole rings is 1. The summed E-state index contributed by atoms with van der Waals surface area (Å²) < 4.78 is 5.44. The van der Waals surface area contributed by atoms with Crippen LogP contribution in [0.25, 0.3) is 11.4 Å². The summed E-state index contributed by atoms with van der Waals surface area (Å²) in [6.45, 7) is 0. The molecule has 0 aliphatic rings. The van der Waals surface area contributed by atoms with Gasteiger partial charge in [0.05, 0.1) is 5.56 Å².